The number of hydrogen-bond donors (Lipinski definition) is 2. The Morgan fingerprint density at radius 1 is 1.23 bits per heavy atom. The van der Waals surface area contributed by atoms with E-state index in [1.165, 1.54) is 12.1 Å². The van der Waals surface area contributed by atoms with Crippen LogP contribution in [-0.2, 0) is 4.79 Å². The van der Waals surface area contributed by atoms with E-state index < -0.39 is 0 Å². The summed E-state index contributed by atoms with van der Waals surface area (Å²) in [7, 11) is 0. The van der Waals surface area contributed by atoms with Crippen LogP contribution in [0.3, 0.4) is 0 Å². The average molecular weight is 297 g/mol. The van der Waals surface area contributed by atoms with Crippen molar-refractivity contribution in [3.63, 3.8) is 0 Å². The number of rotatable bonds is 6. The van der Waals surface area contributed by atoms with Gasteiger partial charge in [0.05, 0.1) is 6.61 Å². The molecule has 4 heteroatoms. The largest absolute Gasteiger partial charge is 0.508 e. The van der Waals surface area contributed by atoms with Gasteiger partial charge in [-0.25, -0.2) is 0 Å². The van der Waals surface area contributed by atoms with Gasteiger partial charge in [0, 0.05) is 17.8 Å². The number of carbonyl (C=O) groups is 1. The van der Waals surface area contributed by atoms with Crippen LogP contribution in [0.5, 0.6) is 11.5 Å². The fraction of sp³-hybridized carbons (Fsp3) is 0.167. The van der Waals surface area contributed by atoms with Crippen molar-refractivity contribution in [3.8, 4) is 11.5 Å². The Kier molecular flexibility index (Phi) is 5.60. The molecule has 0 fully saturated rings. The van der Waals surface area contributed by atoms with Crippen molar-refractivity contribution in [1.82, 2.24) is 0 Å². The van der Waals surface area contributed by atoms with Crippen LogP contribution in [0.4, 0.5) is 5.69 Å². The third kappa shape index (κ3) is 4.98. The number of benzene rings is 2. The second-order valence-electron chi connectivity index (χ2n) is 4.79. The molecule has 0 unspecified atom stereocenters. The van der Waals surface area contributed by atoms with Gasteiger partial charge in [0.15, 0.2) is 0 Å². The van der Waals surface area contributed by atoms with Gasteiger partial charge >= 0.3 is 0 Å². The lowest BCUT2D eigenvalue weighted by molar-refractivity contribution is -0.111. The van der Waals surface area contributed by atoms with Gasteiger partial charge in [-0.1, -0.05) is 25.1 Å². The molecule has 0 heterocycles. The zero-order valence-electron chi connectivity index (χ0n) is 12.5. The lowest BCUT2D eigenvalue weighted by atomic mass is 10.2. The maximum Gasteiger partial charge on any atom is 0.248 e. The fourth-order valence-corrected chi connectivity index (χ4v) is 1.83. The Hall–Kier alpha value is -2.75. The molecule has 2 N–H and O–H groups in total. The standard InChI is InChI=1S/C18H19NO3/c1-2-12-22-17-9-6-14(7-10-17)8-11-18(21)19-15-4-3-5-16(20)13-15/h3-11,13,20H,2,12H2,1H3,(H,19,21)/b11-8+. The number of aromatic hydroxyl groups is 1. The quantitative estimate of drug-likeness (QED) is 0.797. The molecule has 1 amide bonds. The van der Waals surface area contributed by atoms with Gasteiger partial charge < -0.3 is 15.2 Å². The summed E-state index contributed by atoms with van der Waals surface area (Å²) in [5, 5.41) is 12.0. The van der Waals surface area contributed by atoms with E-state index >= 15 is 0 Å². The SMILES string of the molecule is CCCOc1ccc(/C=C/C(=O)Nc2cccc(O)c2)cc1. The molecule has 0 spiro atoms. The van der Waals surface area contributed by atoms with Crippen molar-refractivity contribution in [3.05, 3.63) is 60.2 Å². The summed E-state index contributed by atoms with van der Waals surface area (Å²) in [6.07, 6.45) is 4.14. The van der Waals surface area contributed by atoms with E-state index in [2.05, 4.69) is 12.2 Å². The predicted octanol–water partition coefficient (Wildman–Crippen LogP) is 3.83. The average Bonchev–Trinajstić information content (AvgIpc) is 2.52. The van der Waals surface area contributed by atoms with Crippen molar-refractivity contribution < 1.29 is 14.6 Å². The number of nitrogens with one attached hydrogen (secondary N) is 1. The van der Waals surface area contributed by atoms with Crippen LogP contribution in [0, 0.1) is 0 Å². The van der Waals surface area contributed by atoms with E-state index in [1.54, 1.807) is 24.3 Å². The second-order valence-corrected chi connectivity index (χ2v) is 4.79. The molecule has 2 aromatic rings. The lowest BCUT2D eigenvalue weighted by Crippen LogP contribution is -2.07. The first-order valence-corrected chi connectivity index (χ1v) is 7.18. The number of hydrogen-bond acceptors (Lipinski definition) is 3. The lowest BCUT2D eigenvalue weighted by Gasteiger charge is -2.04. The van der Waals surface area contributed by atoms with Crippen molar-refractivity contribution in [2.75, 3.05) is 11.9 Å². The minimum absolute atomic E-state index is 0.115. The topological polar surface area (TPSA) is 58.6 Å². The Balaban J connectivity index is 1.92. The minimum atomic E-state index is -0.253. The molecule has 0 aliphatic carbocycles. The molecule has 0 saturated heterocycles. The number of phenols is 1. The van der Waals surface area contributed by atoms with Gasteiger partial charge in [-0.3, -0.25) is 4.79 Å². The zero-order valence-corrected chi connectivity index (χ0v) is 12.5. The Morgan fingerprint density at radius 3 is 2.68 bits per heavy atom. The van der Waals surface area contributed by atoms with Crippen molar-refractivity contribution in [1.29, 1.82) is 0 Å². The summed E-state index contributed by atoms with van der Waals surface area (Å²) in [4.78, 5) is 11.8. The first kappa shape index (κ1) is 15.6. The van der Waals surface area contributed by atoms with Gasteiger partial charge in [-0.05, 0) is 42.3 Å². The van der Waals surface area contributed by atoms with Crippen molar-refractivity contribution >= 4 is 17.7 Å². The van der Waals surface area contributed by atoms with E-state index in [9.17, 15) is 9.90 Å². The fourth-order valence-electron chi connectivity index (χ4n) is 1.83. The molecule has 0 aliphatic rings. The molecular weight excluding hydrogens is 278 g/mol. The first-order chi connectivity index (χ1) is 10.7. The molecule has 114 valence electrons. The van der Waals surface area contributed by atoms with Gasteiger partial charge in [0.25, 0.3) is 0 Å². The van der Waals surface area contributed by atoms with Crippen molar-refractivity contribution in [2.24, 2.45) is 0 Å². The molecule has 4 nitrogen and oxygen atoms in total. The van der Waals surface area contributed by atoms with Crippen molar-refractivity contribution in [2.45, 2.75) is 13.3 Å². The highest BCUT2D eigenvalue weighted by Crippen LogP contribution is 2.16. The molecule has 2 rings (SSSR count). The molecule has 22 heavy (non-hydrogen) atoms. The molecule has 2 aromatic carbocycles. The van der Waals surface area contributed by atoms with Crippen LogP contribution in [0.15, 0.2) is 54.6 Å². The number of carbonyl (C=O) groups excluding carboxylic acids is 1. The van der Waals surface area contributed by atoms with E-state index in [0.29, 0.717) is 12.3 Å². The molecule has 0 bridgehead atoms. The molecular formula is C18H19NO3. The highest BCUT2D eigenvalue weighted by Gasteiger charge is 1.99. The van der Waals surface area contributed by atoms with Gasteiger partial charge in [0.2, 0.25) is 5.91 Å². The van der Waals surface area contributed by atoms with E-state index in [0.717, 1.165) is 17.7 Å². The third-order valence-electron chi connectivity index (χ3n) is 2.89. The number of amides is 1. The van der Waals surface area contributed by atoms with Gasteiger partial charge in [0.1, 0.15) is 11.5 Å². The van der Waals surface area contributed by atoms with Crippen LogP contribution >= 0.6 is 0 Å². The van der Waals surface area contributed by atoms with E-state index in [4.69, 9.17) is 4.74 Å². The number of ether oxygens (including phenoxy) is 1. The van der Waals surface area contributed by atoms with Crippen LogP contribution in [0.1, 0.15) is 18.9 Å². The molecule has 0 aromatic heterocycles. The second kappa shape index (κ2) is 7.88. The normalized spacial score (nSPS) is 10.6. The van der Waals surface area contributed by atoms with Crippen LogP contribution < -0.4 is 10.1 Å². The van der Waals surface area contributed by atoms with Gasteiger partial charge in [-0.2, -0.15) is 0 Å². The molecule has 0 radical (unpaired) electrons. The first-order valence-electron chi connectivity index (χ1n) is 7.18. The molecule has 0 saturated carbocycles. The highest BCUT2D eigenvalue weighted by molar-refractivity contribution is 6.02. The minimum Gasteiger partial charge on any atom is -0.508 e. The van der Waals surface area contributed by atoms with Crippen LogP contribution in [-0.4, -0.2) is 17.6 Å². The van der Waals surface area contributed by atoms with Gasteiger partial charge in [-0.15, -0.1) is 0 Å². The van der Waals surface area contributed by atoms with Crippen LogP contribution in [0.25, 0.3) is 6.08 Å². The van der Waals surface area contributed by atoms with E-state index in [1.807, 2.05) is 24.3 Å². The Morgan fingerprint density at radius 2 is 2.00 bits per heavy atom. The third-order valence-corrected chi connectivity index (χ3v) is 2.89. The molecule has 0 atom stereocenters. The monoisotopic (exact) mass is 297 g/mol. The summed E-state index contributed by atoms with van der Waals surface area (Å²) in [5.41, 5.74) is 1.47. The summed E-state index contributed by atoms with van der Waals surface area (Å²) in [6, 6.07) is 14.0. The number of anilines is 1. The zero-order chi connectivity index (χ0) is 15.8. The summed E-state index contributed by atoms with van der Waals surface area (Å²) >= 11 is 0. The van der Waals surface area contributed by atoms with E-state index in [-0.39, 0.29) is 11.7 Å². The maximum atomic E-state index is 11.8. The predicted molar refractivity (Wildman–Crippen MR) is 88.0 cm³/mol. The highest BCUT2D eigenvalue weighted by atomic mass is 16.5. The maximum absolute atomic E-state index is 11.8. The molecule has 0 aliphatic heterocycles. The smallest absolute Gasteiger partial charge is 0.248 e. The Bertz CT molecular complexity index is 648. The Labute approximate surface area is 130 Å². The summed E-state index contributed by atoms with van der Waals surface area (Å²) < 4.78 is 5.50. The number of phenolic OH excluding ortho intramolecular Hbond substituents is 1. The van der Waals surface area contributed by atoms with Crippen LogP contribution in [0.2, 0.25) is 0 Å². The summed E-state index contributed by atoms with van der Waals surface area (Å²) in [5.74, 6) is 0.685. The summed E-state index contributed by atoms with van der Waals surface area (Å²) in [6.45, 7) is 2.75.